The summed E-state index contributed by atoms with van der Waals surface area (Å²) in [4.78, 5) is 8.69. The number of aromatic nitrogens is 2. The van der Waals surface area contributed by atoms with E-state index in [1.165, 1.54) is 0 Å². The van der Waals surface area contributed by atoms with Crippen molar-refractivity contribution in [2.24, 2.45) is 5.92 Å². The van der Waals surface area contributed by atoms with Gasteiger partial charge in [0.25, 0.3) is 0 Å². The summed E-state index contributed by atoms with van der Waals surface area (Å²) >= 11 is 0. The Labute approximate surface area is 119 Å². The van der Waals surface area contributed by atoms with E-state index in [9.17, 15) is 0 Å². The van der Waals surface area contributed by atoms with Crippen LogP contribution in [0.25, 0.3) is 0 Å². The summed E-state index contributed by atoms with van der Waals surface area (Å²) in [6, 6.07) is 2.98. The molecule has 20 heavy (non-hydrogen) atoms. The lowest BCUT2D eigenvalue weighted by molar-refractivity contribution is 0.193. The molecule has 0 aromatic carbocycles. The van der Waals surface area contributed by atoms with Crippen LogP contribution in [0.5, 0.6) is 0 Å². The Balaban J connectivity index is 1.61. The Kier molecular flexibility index (Phi) is 4.14. The van der Waals surface area contributed by atoms with Crippen LogP contribution in [-0.2, 0) is 4.74 Å². The first-order valence-corrected chi connectivity index (χ1v) is 7.38. The van der Waals surface area contributed by atoms with Crippen LogP contribution in [0.3, 0.4) is 0 Å². The van der Waals surface area contributed by atoms with Crippen LogP contribution in [-0.4, -0.2) is 41.8 Å². The highest BCUT2D eigenvalue weighted by molar-refractivity contribution is 5.36. The Morgan fingerprint density at radius 3 is 2.80 bits per heavy atom. The van der Waals surface area contributed by atoms with Crippen molar-refractivity contribution < 1.29 is 4.74 Å². The van der Waals surface area contributed by atoms with Crippen molar-refractivity contribution in [2.75, 3.05) is 25.1 Å². The molecule has 0 radical (unpaired) electrons. The first-order valence-electron chi connectivity index (χ1n) is 7.38. The molecule has 6 nitrogen and oxygen atoms in total. The van der Waals surface area contributed by atoms with Crippen molar-refractivity contribution in [1.82, 2.24) is 20.8 Å². The fourth-order valence-corrected chi connectivity index (χ4v) is 2.95. The van der Waals surface area contributed by atoms with E-state index in [4.69, 9.17) is 4.74 Å². The average molecular weight is 277 g/mol. The minimum absolute atomic E-state index is 0.422. The maximum atomic E-state index is 5.42. The van der Waals surface area contributed by atoms with Crippen LogP contribution < -0.4 is 16.2 Å². The van der Waals surface area contributed by atoms with E-state index in [1.807, 2.05) is 0 Å². The largest absolute Gasteiger partial charge is 0.381 e. The van der Waals surface area contributed by atoms with Gasteiger partial charge in [-0.25, -0.2) is 9.97 Å². The van der Waals surface area contributed by atoms with Gasteiger partial charge in [0.2, 0.25) is 0 Å². The summed E-state index contributed by atoms with van der Waals surface area (Å²) < 4.78 is 5.42. The van der Waals surface area contributed by atoms with Crippen molar-refractivity contribution in [3.8, 4) is 0 Å². The molecular weight excluding hydrogens is 254 g/mol. The maximum absolute atomic E-state index is 5.42. The molecule has 3 rings (SSSR count). The van der Waals surface area contributed by atoms with E-state index in [0.717, 1.165) is 37.7 Å². The molecule has 6 heteroatoms. The van der Waals surface area contributed by atoms with Gasteiger partial charge in [0.15, 0.2) is 0 Å². The highest BCUT2D eigenvalue weighted by Gasteiger charge is 2.29. The normalized spacial score (nSPS) is 33.5. The van der Waals surface area contributed by atoms with Gasteiger partial charge in [0.05, 0.1) is 12.3 Å². The highest BCUT2D eigenvalue weighted by Crippen LogP contribution is 2.24. The molecule has 1 aromatic rings. The fraction of sp³-hybridized carbons (Fsp3) is 0.714. The summed E-state index contributed by atoms with van der Waals surface area (Å²) in [6.07, 6.45) is 2.70. The molecule has 3 N–H and O–H groups in total. The second-order valence-electron chi connectivity index (χ2n) is 5.80. The van der Waals surface area contributed by atoms with Gasteiger partial charge in [-0.05, 0) is 20.3 Å². The van der Waals surface area contributed by atoms with Crippen molar-refractivity contribution in [1.29, 1.82) is 0 Å². The molecule has 3 unspecified atom stereocenters. The lowest BCUT2D eigenvalue weighted by Crippen LogP contribution is -2.30. The average Bonchev–Trinajstić information content (AvgIpc) is 3.09. The lowest BCUT2D eigenvalue weighted by atomic mass is 9.97. The summed E-state index contributed by atoms with van der Waals surface area (Å²) in [5.74, 6) is 1.88. The van der Waals surface area contributed by atoms with E-state index >= 15 is 0 Å². The molecule has 2 aliphatic heterocycles. The van der Waals surface area contributed by atoms with Crippen LogP contribution in [0.4, 0.5) is 5.82 Å². The zero-order valence-corrected chi connectivity index (χ0v) is 12.1. The van der Waals surface area contributed by atoms with Crippen molar-refractivity contribution in [3.05, 3.63) is 18.1 Å². The second kappa shape index (κ2) is 6.03. The molecule has 0 saturated carbocycles. The van der Waals surface area contributed by atoms with Crippen molar-refractivity contribution in [3.63, 3.8) is 0 Å². The molecular formula is C14H23N5O. The third kappa shape index (κ3) is 2.92. The van der Waals surface area contributed by atoms with E-state index in [-0.39, 0.29) is 0 Å². The summed E-state index contributed by atoms with van der Waals surface area (Å²) in [5.41, 5.74) is 7.63. The molecule has 0 amide bonds. The maximum Gasteiger partial charge on any atom is 0.129 e. The molecule has 0 aliphatic carbocycles. The first-order chi connectivity index (χ1) is 9.74. The summed E-state index contributed by atoms with van der Waals surface area (Å²) in [5, 5.41) is 3.44. The van der Waals surface area contributed by atoms with Gasteiger partial charge in [0, 0.05) is 43.1 Å². The topological polar surface area (TPSA) is 71.1 Å². The van der Waals surface area contributed by atoms with Gasteiger partial charge in [-0.2, -0.15) is 0 Å². The van der Waals surface area contributed by atoms with Gasteiger partial charge in [0.1, 0.15) is 12.1 Å². The lowest BCUT2D eigenvalue weighted by Gasteiger charge is -2.19. The Morgan fingerprint density at radius 2 is 2.10 bits per heavy atom. The van der Waals surface area contributed by atoms with E-state index in [1.54, 1.807) is 6.33 Å². The van der Waals surface area contributed by atoms with Gasteiger partial charge in [-0.15, -0.1) is 0 Å². The third-order valence-electron chi connectivity index (χ3n) is 4.38. The second-order valence-corrected chi connectivity index (χ2v) is 5.80. The zero-order chi connectivity index (χ0) is 13.9. The number of rotatable bonds is 4. The van der Waals surface area contributed by atoms with Crippen LogP contribution in [0.1, 0.15) is 31.9 Å². The monoisotopic (exact) mass is 277 g/mol. The van der Waals surface area contributed by atoms with Gasteiger partial charge >= 0.3 is 0 Å². The number of ether oxygens (including phenoxy) is 1. The molecule has 2 saturated heterocycles. The van der Waals surface area contributed by atoms with Crippen LogP contribution in [0.2, 0.25) is 0 Å². The molecule has 1 aromatic heterocycles. The molecule has 0 bridgehead atoms. The van der Waals surface area contributed by atoms with Crippen molar-refractivity contribution in [2.45, 2.75) is 38.3 Å². The van der Waals surface area contributed by atoms with E-state index in [0.29, 0.717) is 23.9 Å². The molecule has 2 aliphatic rings. The number of hydrogen-bond acceptors (Lipinski definition) is 6. The molecule has 3 heterocycles. The minimum Gasteiger partial charge on any atom is -0.381 e. The van der Waals surface area contributed by atoms with E-state index in [2.05, 4.69) is 46.1 Å². The molecule has 0 spiro atoms. The van der Waals surface area contributed by atoms with Crippen LogP contribution in [0, 0.1) is 5.92 Å². The Hall–Kier alpha value is -1.24. The standard InChI is InChI=1S/C14H23N5O/c1-9-12(10(2)19-18-9)6-15-14-5-13(16-8-17-14)11-3-4-20-7-11/h5,8-12,18-19H,3-4,6-7H2,1-2H3,(H,15,16,17). The van der Waals surface area contributed by atoms with Crippen LogP contribution >= 0.6 is 0 Å². The molecule has 3 atom stereocenters. The predicted molar refractivity (Wildman–Crippen MR) is 77.4 cm³/mol. The third-order valence-corrected chi connectivity index (χ3v) is 4.38. The fourth-order valence-electron chi connectivity index (χ4n) is 2.95. The summed E-state index contributed by atoms with van der Waals surface area (Å²) in [7, 11) is 0. The quantitative estimate of drug-likeness (QED) is 0.759. The van der Waals surface area contributed by atoms with Gasteiger partial charge < -0.3 is 10.1 Å². The Bertz CT molecular complexity index is 439. The minimum atomic E-state index is 0.422. The number of nitrogens with one attached hydrogen (secondary N) is 3. The molecule has 2 fully saturated rings. The SMILES string of the molecule is CC1NNC(C)C1CNc1cc(C2CCOC2)ncn1. The first kappa shape index (κ1) is 13.7. The van der Waals surface area contributed by atoms with Gasteiger partial charge in [-0.1, -0.05) is 0 Å². The van der Waals surface area contributed by atoms with Crippen molar-refractivity contribution >= 4 is 5.82 Å². The highest BCUT2D eigenvalue weighted by atomic mass is 16.5. The zero-order valence-electron chi connectivity index (χ0n) is 12.1. The number of hydrazine groups is 1. The Morgan fingerprint density at radius 1 is 1.30 bits per heavy atom. The number of nitrogens with zero attached hydrogens (tertiary/aromatic N) is 2. The molecule has 110 valence electrons. The number of anilines is 1. The van der Waals surface area contributed by atoms with E-state index < -0.39 is 0 Å². The summed E-state index contributed by atoms with van der Waals surface area (Å²) in [6.45, 7) is 6.92. The number of hydrogen-bond donors (Lipinski definition) is 3. The van der Waals surface area contributed by atoms with Gasteiger partial charge in [-0.3, -0.25) is 10.9 Å². The van der Waals surface area contributed by atoms with Crippen LogP contribution in [0.15, 0.2) is 12.4 Å². The predicted octanol–water partition coefficient (Wildman–Crippen LogP) is 0.893. The smallest absolute Gasteiger partial charge is 0.129 e.